The smallest absolute Gasteiger partial charge is 0.223 e. The van der Waals surface area contributed by atoms with Crippen molar-refractivity contribution in [3.05, 3.63) is 35.6 Å². The van der Waals surface area contributed by atoms with Gasteiger partial charge < -0.3 is 10.2 Å². The van der Waals surface area contributed by atoms with Crippen molar-refractivity contribution in [2.75, 3.05) is 13.1 Å². The number of nitrogens with zero attached hydrogens (tertiary/aromatic N) is 3. The summed E-state index contributed by atoms with van der Waals surface area (Å²) in [5.74, 6) is 0.116. The SMILES string of the molecule is CC(=O)N1CCC(C(=O)NCc2csc(-c3cccnc3)n2)CC1. The molecule has 2 amide bonds. The van der Waals surface area contributed by atoms with Gasteiger partial charge in [-0.15, -0.1) is 11.3 Å². The van der Waals surface area contributed by atoms with E-state index in [1.54, 1.807) is 35.6 Å². The molecule has 2 aromatic rings. The van der Waals surface area contributed by atoms with Gasteiger partial charge in [0.15, 0.2) is 0 Å². The highest BCUT2D eigenvalue weighted by Gasteiger charge is 2.25. The number of piperidine rings is 1. The van der Waals surface area contributed by atoms with Gasteiger partial charge in [-0.2, -0.15) is 0 Å². The molecule has 7 heteroatoms. The highest BCUT2D eigenvalue weighted by atomic mass is 32.1. The van der Waals surface area contributed by atoms with Crippen LogP contribution >= 0.6 is 11.3 Å². The molecule has 24 heavy (non-hydrogen) atoms. The van der Waals surface area contributed by atoms with Crippen molar-refractivity contribution in [2.24, 2.45) is 5.92 Å². The van der Waals surface area contributed by atoms with Crippen molar-refractivity contribution in [1.29, 1.82) is 0 Å². The van der Waals surface area contributed by atoms with Crippen molar-refractivity contribution in [3.8, 4) is 10.6 Å². The van der Waals surface area contributed by atoms with Crippen LogP contribution in [0, 0.1) is 5.92 Å². The summed E-state index contributed by atoms with van der Waals surface area (Å²) in [4.78, 5) is 34.0. The molecule has 0 saturated carbocycles. The normalized spacial score (nSPS) is 15.3. The molecule has 1 fully saturated rings. The minimum Gasteiger partial charge on any atom is -0.350 e. The van der Waals surface area contributed by atoms with Crippen molar-refractivity contribution in [3.63, 3.8) is 0 Å². The zero-order chi connectivity index (χ0) is 16.9. The van der Waals surface area contributed by atoms with Gasteiger partial charge >= 0.3 is 0 Å². The molecule has 3 rings (SSSR count). The average molecular weight is 344 g/mol. The number of thiazole rings is 1. The summed E-state index contributed by atoms with van der Waals surface area (Å²) in [6.07, 6.45) is 4.96. The lowest BCUT2D eigenvalue weighted by Gasteiger charge is -2.30. The van der Waals surface area contributed by atoms with Gasteiger partial charge in [0.1, 0.15) is 5.01 Å². The Kier molecular flexibility index (Phi) is 5.20. The van der Waals surface area contributed by atoms with E-state index in [1.165, 1.54) is 0 Å². The summed E-state index contributed by atoms with van der Waals surface area (Å²) in [5, 5.41) is 5.83. The van der Waals surface area contributed by atoms with Gasteiger partial charge in [0.05, 0.1) is 12.2 Å². The van der Waals surface area contributed by atoms with Gasteiger partial charge in [-0.25, -0.2) is 4.98 Å². The molecule has 0 aromatic carbocycles. The molecule has 0 spiro atoms. The summed E-state index contributed by atoms with van der Waals surface area (Å²) in [6.45, 7) is 3.33. The zero-order valence-corrected chi connectivity index (χ0v) is 14.4. The molecule has 1 aliphatic rings. The molecule has 0 unspecified atom stereocenters. The first kappa shape index (κ1) is 16.6. The molecule has 2 aromatic heterocycles. The molecule has 0 atom stereocenters. The van der Waals surface area contributed by atoms with Crippen LogP contribution in [0.15, 0.2) is 29.9 Å². The topological polar surface area (TPSA) is 75.2 Å². The Hall–Kier alpha value is -2.28. The Bertz CT molecular complexity index is 708. The third-order valence-corrected chi connectivity index (χ3v) is 5.16. The fourth-order valence-corrected chi connectivity index (χ4v) is 3.60. The van der Waals surface area contributed by atoms with E-state index in [-0.39, 0.29) is 17.7 Å². The van der Waals surface area contributed by atoms with Crippen LogP contribution in [-0.2, 0) is 16.1 Å². The molecule has 0 bridgehead atoms. The minimum atomic E-state index is -0.0166. The maximum atomic E-state index is 12.3. The molecule has 126 valence electrons. The van der Waals surface area contributed by atoms with Crippen molar-refractivity contribution in [2.45, 2.75) is 26.3 Å². The summed E-state index contributed by atoms with van der Waals surface area (Å²) in [6, 6.07) is 3.85. The van der Waals surface area contributed by atoms with Crippen LogP contribution in [0.3, 0.4) is 0 Å². The van der Waals surface area contributed by atoms with E-state index >= 15 is 0 Å². The van der Waals surface area contributed by atoms with Crippen molar-refractivity contribution >= 4 is 23.2 Å². The molecular weight excluding hydrogens is 324 g/mol. The fraction of sp³-hybridized carbons (Fsp3) is 0.412. The highest BCUT2D eigenvalue weighted by molar-refractivity contribution is 7.13. The second kappa shape index (κ2) is 7.53. The molecule has 1 N–H and O–H groups in total. The van der Waals surface area contributed by atoms with Gasteiger partial charge in [0, 0.05) is 49.3 Å². The van der Waals surface area contributed by atoms with Crippen LogP contribution < -0.4 is 5.32 Å². The van der Waals surface area contributed by atoms with E-state index in [0.29, 0.717) is 19.6 Å². The Morgan fingerprint density at radius 1 is 1.38 bits per heavy atom. The number of carbonyl (C=O) groups excluding carboxylic acids is 2. The minimum absolute atomic E-state index is 0.0166. The molecule has 1 saturated heterocycles. The Morgan fingerprint density at radius 3 is 2.83 bits per heavy atom. The van der Waals surface area contributed by atoms with Crippen LogP contribution in [0.4, 0.5) is 0 Å². The van der Waals surface area contributed by atoms with Crippen LogP contribution in [0.25, 0.3) is 10.6 Å². The van der Waals surface area contributed by atoms with Crippen molar-refractivity contribution in [1.82, 2.24) is 20.2 Å². The third kappa shape index (κ3) is 3.97. The van der Waals surface area contributed by atoms with Crippen LogP contribution in [-0.4, -0.2) is 39.8 Å². The largest absolute Gasteiger partial charge is 0.350 e. The number of amides is 2. The first-order valence-electron chi connectivity index (χ1n) is 8.01. The molecular formula is C17H20N4O2S. The predicted octanol–water partition coefficient (Wildman–Crippen LogP) is 2.08. The number of hydrogen-bond acceptors (Lipinski definition) is 5. The van der Waals surface area contributed by atoms with Crippen LogP contribution in [0.5, 0.6) is 0 Å². The lowest BCUT2D eigenvalue weighted by molar-refractivity contribution is -0.134. The zero-order valence-electron chi connectivity index (χ0n) is 13.6. The average Bonchev–Trinajstić information content (AvgIpc) is 3.09. The highest BCUT2D eigenvalue weighted by Crippen LogP contribution is 2.23. The molecule has 6 nitrogen and oxygen atoms in total. The summed E-state index contributed by atoms with van der Waals surface area (Å²) in [7, 11) is 0. The quantitative estimate of drug-likeness (QED) is 0.921. The predicted molar refractivity (Wildman–Crippen MR) is 92.2 cm³/mol. The number of carbonyl (C=O) groups is 2. The van der Waals surface area contributed by atoms with E-state index in [0.717, 1.165) is 29.1 Å². The summed E-state index contributed by atoms with van der Waals surface area (Å²) >= 11 is 1.55. The summed E-state index contributed by atoms with van der Waals surface area (Å²) < 4.78 is 0. The van der Waals surface area contributed by atoms with Crippen LogP contribution in [0.1, 0.15) is 25.5 Å². The van der Waals surface area contributed by atoms with Crippen LogP contribution in [0.2, 0.25) is 0 Å². The van der Waals surface area contributed by atoms with Gasteiger partial charge in [-0.05, 0) is 25.0 Å². The number of likely N-dealkylation sites (tertiary alicyclic amines) is 1. The number of pyridine rings is 1. The first-order valence-corrected chi connectivity index (χ1v) is 8.89. The van der Waals surface area contributed by atoms with Gasteiger partial charge in [-0.3, -0.25) is 14.6 Å². The van der Waals surface area contributed by atoms with Gasteiger partial charge in [0.25, 0.3) is 0 Å². The Morgan fingerprint density at radius 2 is 2.17 bits per heavy atom. The van der Waals surface area contributed by atoms with E-state index in [9.17, 15) is 9.59 Å². The van der Waals surface area contributed by atoms with Gasteiger partial charge in [-0.1, -0.05) is 0 Å². The maximum Gasteiger partial charge on any atom is 0.223 e. The molecule has 0 aliphatic carbocycles. The maximum absolute atomic E-state index is 12.3. The van der Waals surface area contributed by atoms with Gasteiger partial charge in [0.2, 0.25) is 11.8 Å². The Labute approximate surface area is 144 Å². The molecule has 3 heterocycles. The fourth-order valence-electron chi connectivity index (χ4n) is 2.79. The second-order valence-electron chi connectivity index (χ2n) is 5.88. The molecule has 0 radical (unpaired) electrons. The monoisotopic (exact) mass is 344 g/mol. The lowest BCUT2D eigenvalue weighted by atomic mass is 9.96. The number of nitrogens with one attached hydrogen (secondary N) is 1. The number of aromatic nitrogens is 2. The van der Waals surface area contributed by atoms with E-state index < -0.39 is 0 Å². The number of rotatable bonds is 4. The second-order valence-corrected chi connectivity index (χ2v) is 6.74. The number of hydrogen-bond donors (Lipinski definition) is 1. The third-order valence-electron chi connectivity index (χ3n) is 4.22. The summed E-state index contributed by atoms with van der Waals surface area (Å²) in [5.41, 5.74) is 1.84. The Balaban J connectivity index is 1.50. The lowest BCUT2D eigenvalue weighted by Crippen LogP contribution is -2.42. The van der Waals surface area contributed by atoms with E-state index in [4.69, 9.17) is 0 Å². The van der Waals surface area contributed by atoms with E-state index in [2.05, 4.69) is 15.3 Å². The van der Waals surface area contributed by atoms with Crippen molar-refractivity contribution < 1.29 is 9.59 Å². The van der Waals surface area contributed by atoms with E-state index in [1.807, 2.05) is 17.5 Å². The first-order chi connectivity index (χ1) is 11.6. The standard InChI is InChI=1S/C17H20N4O2S/c1-12(22)21-7-4-13(5-8-21)16(23)19-10-15-11-24-17(20-15)14-3-2-6-18-9-14/h2-3,6,9,11,13H,4-5,7-8,10H2,1H3,(H,19,23). The molecule has 1 aliphatic heterocycles.